The van der Waals surface area contributed by atoms with Gasteiger partial charge in [0.2, 0.25) is 0 Å². The summed E-state index contributed by atoms with van der Waals surface area (Å²) in [7, 11) is -0.988. The molecular weight excluding hydrogens is 442 g/mol. The Hall–Kier alpha value is -3.33. The molecule has 33 heavy (non-hydrogen) atoms. The van der Waals surface area contributed by atoms with Gasteiger partial charge in [-0.2, -0.15) is 5.10 Å². The number of benzene rings is 2. The molecule has 0 bridgehead atoms. The van der Waals surface area contributed by atoms with E-state index in [0.29, 0.717) is 35.7 Å². The normalized spacial score (nSPS) is 13.3. The van der Waals surface area contributed by atoms with Crippen molar-refractivity contribution in [2.75, 3.05) is 18.9 Å². The van der Waals surface area contributed by atoms with Crippen LogP contribution in [0, 0.1) is 0 Å². The molecule has 0 saturated carbocycles. The van der Waals surface area contributed by atoms with Gasteiger partial charge in [-0.3, -0.25) is 9.52 Å². The van der Waals surface area contributed by atoms with Crippen LogP contribution in [0.1, 0.15) is 30.9 Å². The minimum absolute atomic E-state index is 0.000994. The van der Waals surface area contributed by atoms with Gasteiger partial charge < -0.3 is 9.47 Å². The Morgan fingerprint density at radius 2 is 1.70 bits per heavy atom. The summed E-state index contributed by atoms with van der Waals surface area (Å²) in [5, 5.41) is 4.59. The van der Waals surface area contributed by atoms with E-state index in [0.717, 1.165) is 30.4 Å². The Morgan fingerprint density at radius 3 is 2.33 bits per heavy atom. The van der Waals surface area contributed by atoms with Crippen molar-refractivity contribution in [1.29, 1.82) is 0 Å². The predicted octanol–water partition coefficient (Wildman–Crippen LogP) is 3.63. The summed E-state index contributed by atoms with van der Waals surface area (Å²) in [6.07, 6.45) is 3.39. The highest BCUT2D eigenvalue weighted by molar-refractivity contribution is 7.92. The van der Waals surface area contributed by atoms with Crippen molar-refractivity contribution < 1.29 is 17.9 Å². The van der Waals surface area contributed by atoms with E-state index in [1.807, 2.05) is 6.92 Å². The Labute approximate surface area is 193 Å². The number of methoxy groups -OCH3 is 2. The number of fused-ring (bicyclic) bond motifs is 1. The van der Waals surface area contributed by atoms with Crippen LogP contribution in [0.15, 0.2) is 52.2 Å². The van der Waals surface area contributed by atoms with E-state index < -0.39 is 10.0 Å². The summed E-state index contributed by atoms with van der Waals surface area (Å²) in [5.74, 6) is 0.844. The fourth-order valence-corrected chi connectivity index (χ4v) is 5.39. The molecule has 1 N–H and O–H groups in total. The molecule has 1 aliphatic carbocycles. The van der Waals surface area contributed by atoms with Gasteiger partial charge in [-0.05, 0) is 80.6 Å². The number of sulfonamides is 1. The quantitative estimate of drug-likeness (QED) is 0.567. The molecule has 9 heteroatoms. The molecule has 1 aromatic heterocycles. The second-order valence-electron chi connectivity index (χ2n) is 7.83. The lowest BCUT2D eigenvalue weighted by Crippen LogP contribution is -2.30. The lowest BCUT2D eigenvalue weighted by molar-refractivity contribution is 0.403. The summed E-state index contributed by atoms with van der Waals surface area (Å²) in [5.41, 5.74) is 3.31. The lowest BCUT2D eigenvalue weighted by Gasteiger charge is -2.20. The van der Waals surface area contributed by atoms with Crippen molar-refractivity contribution >= 4 is 15.7 Å². The molecular formula is C24H27N3O5S. The van der Waals surface area contributed by atoms with Gasteiger partial charge in [-0.1, -0.05) is 0 Å². The third-order valence-corrected chi connectivity index (χ3v) is 7.24. The van der Waals surface area contributed by atoms with E-state index in [1.165, 1.54) is 11.8 Å². The number of ether oxygens (including phenoxy) is 2. The number of aryl methyl sites for hydroxylation is 1. The molecule has 8 nitrogen and oxygen atoms in total. The molecule has 0 unspecified atom stereocenters. The van der Waals surface area contributed by atoms with Gasteiger partial charge in [0.25, 0.3) is 15.6 Å². The van der Waals surface area contributed by atoms with Crippen LogP contribution in [0.5, 0.6) is 11.5 Å². The molecule has 2 aromatic carbocycles. The highest BCUT2D eigenvalue weighted by Crippen LogP contribution is 2.34. The maximum absolute atomic E-state index is 13.3. The van der Waals surface area contributed by atoms with Crippen molar-refractivity contribution in [2.45, 2.75) is 44.0 Å². The number of anilines is 1. The molecule has 0 aliphatic heterocycles. The highest BCUT2D eigenvalue weighted by atomic mass is 32.2. The summed E-state index contributed by atoms with van der Waals surface area (Å²) in [6, 6.07) is 11.6. The van der Waals surface area contributed by atoms with Gasteiger partial charge in [-0.25, -0.2) is 13.1 Å². The van der Waals surface area contributed by atoms with Crippen LogP contribution < -0.4 is 19.8 Å². The van der Waals surface area contributed by atoms with E-state index >= 15 is 0 Å². The van der Waals surface area contributed by atoms with Gasteiger partial charge in [0.05, 0.1) is 19.9 Å². The number of aromatic nitrogens is 2. The topological polar surface area (TPSA) is 99.5 Å². The number of hydrogen-bond acceptors (Lipinski definition) is 6. The van der Waals surface area contributed by atoms with Crippen LogP contribution >= 0.6 is 0 Å². The third kappa shape index (κ3) is 4.45. The second-order valence-corrected chi connectivity index (χ2v) is 9.48. The minimum atomic E-state index is -3.96. The van der Waals surface area contributed by atoms with E-state index in [9.17, 15) is 13.2 Å². The van der Waals surface area contributed by atoms with Gasteiger partial charge in [0.1, 0.15) is 16.4 Å². The Bertz CT molecular complexity index is 1330. The minimum Gasteiger partial charge on any atom is -0.497 e. The van der Waals surface area contributed by atoms with Crippen molar-refractivity contribution in [1.82, 2.24) is 9.78 Å². The monoisotopic (exact) mass is 469 g/mol. The van der Waals surface area contributed by atoms with Gasteiger partial charge >= 0.3 is 0 Å². The van der Waals surface area contributed by atoms with Crippen LogP contribution in [-0.2, 0) is 29.4 Å². The number of rotatable bonds is 7. The Morgan fingerprint density at radius 1 is 1.00 bits per heavy atom. The summed E-state index contributed by atoms with van der Waals surface area (Å²) >= 11 is 0. The maximum atomic E-state index is 13.3. The summed E-state index contributed by atoms with van der Waals surface area (Å²) in [4.78, 5) is 12.8. The first-order valence-electron chi connectivity index (χ1n) is 10.9. The van der Waals surface area contributed by atoms with Crippen LogP contribution in [0.4, 0.5) is 5.69 Å². The zero-order chi connectivity index (χ0) is 23.6. The van der Waals surface area contributed by atoms with Crippen LogP contribution in [0.2, 0.25) is 0 Å². The molecule has 3 aromatic rings. The van der Waals surface area contributed by atoms with Crippen LogP contribution in [0.3, 0.4) is 0 Å². The van der Waals surface area contributed by atoms with Gasteiger partial charge in [-0.15, -0.1) is 0 Å². The molecule has 0 fully saturated rings. The van der Waals surface area contributed by atoms with Crippen molar-refractivity contribution in [3.8, 4) is 22.8 Å². The Kier molecular flexibility index (Phi) is 6.42. The highest BCUT2D eigenvalue weighted by Gasteiger charge is 2.25. The van der Waals surface area contributed by atoms with Crippen molar-refractivity contribution in [2.24, 2.45) is 0 Å². The fourth-order valence-electron chi connectivity index (χ4n) is 4.13. The second kappa shape index (κ2) is 9.27. The largest absolute Gasteiger partial charge is 0.497 e. The maximum Gasteiger partial charge on any atom is 0.270 e. The van der Waals surface area contributed by atoms with Gasteiger partial charge in [0, 0.05) is 23.4 Å². The lowest BCUT2D eigenvalue weighted by atomic mass is 9.90. The summed E-state index contributed by atoms with van der Waals surface area (Å²) in [6.45, 7) is 2.32. The molecule has 0 spiro atoms. The zero-order valence-corrected chi connectivity index (χ0v) is 19.7. The fraction of sp³-hybridized carbons (Fsp3) is 0.333. The van der Waals surface area contributed by atoms with Crippen molar-refractivity contribution in [3.05, 3.63) is 63.9 Å². The molecule has 0 amide bonds. The molecule has 0 atom stereocenters. The first kappa shape index (κ1) is 22.8. The molecule has 0 saturated heterocycles. The first-order valence-corrected chi connectivity index (χ1v) is 12.3. The third-order valence-electron chi connectivity index (χ3n) is 5.84. The number of hydrogen-bond donors (Lipinski definition) is 1. The van der Waals surface area contributed by atoms with Gasteiger partial charge in [0.15, 0.2) is 0 Å². The molecule has 1 aliphatic rings. The average Bonchev–Trinajstić information content (AvgIpc) is 2.84. The molecule has 1 heterocycles. The average molecular weight is 470 g/mol. The zero-order valence-electron chi connectivity index (χ0n) is 18.9. The van der Waals surface area contributed by atoms with Crippen molar-refractivity contribution in [3.63, 3.8) is 0 Å². The Balaban J connectivity index is 1.81. The molecule has 174 valence electrons. The molecule has 0 radical (unpaired) electrons. The number of nitrogens with zero attached hydrogens (tertiary/aromatic N) is 2. The van der Waals surface area contributed by atoms with E-state index in [1.54, 1.807) is 49.6 Å². The van der Waals surface area contributed by atoms with Crippen LogP contribution in [0.25, 0.3) is 11.3 Å². The van der Waals surface area contributed by atoms with E-state index in [-0.39, 0.29) is 16.2 Å². The standard InChI is InChI=1S/C24H27N3O5S/c1-4-27-24(28)20-8-6-5-7-19(20)23(25-27)16-9-14-21(32-3)22(15-16)33(29,30)26-17-10-12-18(31-2)13-11-17/h9-15,26H,4-8H2,1-3H3. The van der Waals surface area contributed by atoms with E-state index in [4.69, 9.17) is 9.47 Å². The summed E-state index contributed by atoms with van der Waals surface area (Å²) < 4.78 is 41.1. The molecule has 4 rings (SSSR count). The predicted molar refractivity (Wildman–Crippen MR) is 127 cm³/mol. The smallest absolute Gasteiger partial charge is 0.270 e. The first-order chi connectivity index (χ1) is 15.9. The SMILES string of the molecule is CCn1nc(-c2ccc(OC)c(S(=O)(=O)Nc3ccc(OC)cc3)c2)c2c(c1=O)CCCC2. The van der Waals surface area contributed by atoms with E-state index in [2.05, 4.69) is 9.82 Å². The number of nitrogens with one attached hydrogen (secondary N) is 1. The van der Waals surface area contributed by atoms with Crippen LogP contribution in [-0.4, -0.2) is 32.4 Å².